The number of carboxylic acids is 1. The van der Waals surface area contributed by atoms with E-state index in [1.807, 2.05) is 0 Å². The van der Waals surface area contributed by atoms with Crippen LogP contribution in [-0.4, -0.2) is 23.0 Å². The van der Waals surface area contributed by atoms with Gasteiger partial charge in [-0.25, -0.2) is 13.6 Å². The summed E-state index contributed by atoms with van der Waals surface area (Å²) in [5.41, 5.74) is -0.0933. The Labute approximate surface area is 145 Å². The average molecular weight is 358 g/mol. The van der Waals surface area contributed by atoms with Gasteiger partial charge in [-0.05, 0) is 47.4 Å². The first-order valence-electron chi connectivity index (χ1n) is 7.81. The van der Waals surface area contributed by atoms with E-state index in [0.29, 0.717) is 16.7 Å². The number of rotatable bonds is 3. The van der Waals surface area contributed by atoms with Crippen LogP contribution in [-0.2, 0) is 21.5 Å². The number of fused-ring (bicyclic) bond motifs is 5. The van der Waals surface area contributed by atoms with Crippen LogP contribution >= 0.6 is 0 Å². The highest BCUT2D eigenvalue weighted by atomic mass is 19.1. The molecule has 3 N–H and O–H groups in total. The molecule has 1 heterocycles. The Balaban J connectivity index is 2.03. The predicted octanol–water partition coefficient (Wildman–Crippen LogP) is 2.05. The van der Waals surface area contributed by atoms with Crippen molar-refractivity contribution in [3.63, 3.8) is 0 Å². The van der Waals surface area contributed by atoms with Gasteiger partial charge in [0, 0.05) is 17.5 Å². The zero-order chi connectivity index (χ0) is 18.6. The second-order valence-corrected chi connectivity index (χ2v) is 6.23. The number of carboxylic acid groups (broad SMARTS) is 1. The van der Waals surface area contributed by atoms with E-state index in [1.54, 1.807) is 0 Å². The minimum Gasteiger partial charge on any atom is -0.481 e. The predicted molar refractivity (Wildman–Crippen MR) is 85.2 cm³/mol. The van der Waals surface area contributed by atoms with Gasteiger partial charge in [-0.2, -0.15) is 0 Å². The molecule has 0 saturated carbocycles. The smallest absolute Gasteiger partial charge is 0.322 e. The largest absolute Gasteiger partial charge is 0.481 e. The van der Waals surface area contributed by atoms with Crippen LogP contribution in [0.1, 0.15) is 23.1 Å². The van der Waals surface area contributed by atoms with E-state index in [-0.39, 0.29) is 24.0 Å². The van der Waals surface area contributed by atoms with E-state index >= 15 is 0 Å². The molecular weight excluding hydrogens is 346 g/mol. The van der Waals surface area contributed by atoms with Gasteiger partial charge >= 0.3 is 12.0 Å². The van der Waals surface area contributed by atoms with Gasteiger partial charge in [0.05, 0.1) is 0 Å². The van der Waals surface area contributed by atoms with Crippen LogP contribution in [0.2, 0.25) is 0 Å². The summed E-state index contributed by atoms with van der Waals surface area (Å²) >= 11 is 0. The number of halogens is 2. The summed E-state index contributed by atoms with van der Waals surface area (Å²) in [5.74, 6) is -3.08. The van der Waals surface area contributed by atoms with Crippen molar-refractivity contribution in [2.75, 3.05) is 0 Å². The van der Waals surface area contributed by atoms with E-state index < -0.39 is 35.1 Å². The molecular formula is C18H12F2N2O4. The molecule has 1 fully saturated rings. The molecule has 0 radical (unpaired) electrons. The Morgan fingerprint density at radius 3 is 2.46 bits per heavy atom. The third-order valence-electron chi connectivity index (χ3n) is 4.72. The first-order chi connectivity index (χ1) is 12.3. The molecule has 2 aromatic rings. The first-order valence-corrected chi connectivity index (χ1v) is 7.81. The Hall–Kier alpha value is -3.29. The topological polar surface area (TPSA) is 95.5 Å². The lowest BCUT2D eigenvalue weighted by atomic mass is 9.86. The maximum atomic E-state index is 14.2. The second kappa shape index (κ2) is 5.35. The lowest BCUT2D eigenvalue weighted by molar-refractivity contribution is -0.137. The lowest BCUT2D eigenvalue weighted by Crippen LogP contribution is -2.43. The summed E-state index contributed by atoms with van der Waals surface area (Å²) in [7, 11) is 0. The Morgan fingerprint density at radius 2 is 1.81 bits per heavy atom. The number of imide groups is 1. The number of carbonyl (C=O) groups is 3. The molecule has 1 aliphatic heterocycles. The highest BCUT2D eigenvalue weighted by molar-refractivity contribution is 6.13. The van der Waals surface area contributed by atoms with E-state index in [1.165, 1.54) is 18.2 Å². The van der Waals surface area contributed by atoms with E-state index in [4.69, 9.17) is 5.11 Å². The fourth-order valence-corrected chi connectivity index (χ4v) is 3.74. The van der Waals surface area contributed by atoms with Gasteiger partial charge in [0.25, 0.3) is 5.91 Å². The Bertz CT molecular complexity index is 1000. The molecule has 132 valence electrons. The molecule has 0 bridgehead atoms. The normalized spacial score (nSPS) is 19.9. The SMILES string of the molecule is O=C(O)CCc1cc(F)cc2c1-c1ccc(F)cc1C21NC(=O)NC1=O. The standard InChI is InChI=1S/C18H12F2N2O4/c19-9-2-3-11-12(6-9)18(16(25)21-17(26)22-18)13-7-10(20)5-8(15(11)13)1-4-14(23)24/h2-3,5-7H,1,4H2,(H,23,24)(H2,21,22,25,26). The van der Waals surface area contributed by atoms with Crippen LogP contribution in [0, 0.1) is 11.6 Å². The zero-order valence-corrected chi connectivity index (χ0v) is 13.2. The molecule has 2 aliphatic rings. The van der Waals surface area contributed by atoms with Crippen molar-refractivity contribution in [1.29, 1.82) is 0 Å². The van der Waals surface area contributed by atoms with Crippen LogP contribution < -0.4 is 10.6 Å². The van der Waals surface area contributed by atoms with Gasteiger partial charge in [-0.1, -0.05) is 6.07 Å². The molecule has 1 atom stereocenters. The Kier molecular flexibility index (Phi) is 3.33. The van der Waals surface area contributed by atoms with E-state index in [0.717, 1.165) is 12.1 Å². The Morgan fingerprint density at radius 1 is 1.08 bits per heavy atom. The molecule has 1 saturated heterocycles. The van der Waals surface area contributed by atoms with Crippen molar-refractivity contribution in [3.05, 3.63) is 58.7 Å². The third-order valence-corrected chi connectivity index (χ3v) is 4.72. The average Bonchev–Trinajstić information content (AvgIpc) is 3.01. The number of aliphatic carboxylic acids is 1. The summed E-state index contributed by atoms with van der Waals surface area (Å²) in [6, 6.07) is 5.30. The molecule has 8 heteroatoms. The van der Waals surface area contributed by atoms with Crippen molar-refractivity contribution in [1.82, 2.24) is 10.6 Å². The highest BCUT2D eigenvalue weighted by Gasteiger charge is 2.55. The quantitative estimate of drug-likeness (QED) is 0.732. The van der Waals surface area contributed by atoms with Gasteiger partial charge in [-0.3, -0.25) is 14.9 Å². The minimum atomic E-state index is -1.73. The third kappa shape index (κ3) is 2.11. The molecule has 4 rings (SSSR count). The molecule has 0 aromatic heterocycles. The van der Waals surface area contributed by atoms with E-state index in [2.05, 4.69) is 10.6 Å². The molecule has 1 unspecified atom stereocenters. The van der Waals surface area contributed by atoms with Crippen LogP contribution in [0.25, 0.3) is 11.1 Å². The minimum absolute atomic E-state index is 0.0257. The maximum Gasteiger partial charge on any atom is 0.322 e. The second-order valence-electron chi connectivity index (χ2n) is 6.23. The van der Waals surface area contributed by atoms with Crippen molar-refractivity contribution in [3.8, 4) is 11.1 Å². The van der Waals surface area contributed by atoms with Gasteiger partial charge in [0.15, 0.2) is 5.54 Å². The molecule has 2 aromatic carbocycles. The van der Waals surface area contributed by atoms with Crippen molar-refractivity contribution < 1.29 is 28.3 Å². The van der Waals surface area contributed by atoms with Gasteiger partial charge in [-0.15, -0.1) is 0 Å². The summed E-state index contributed by atoms with van der Waals surface area (Å²) in [6.07, 6.45) is -0.212. The molecule has 1 spiro atoms. The zero-order valence-electron chi connectivity index (χ0n) is 13.2. The monoisotopic (exact) mass is 358 g/mol. The fourth-order valence-electron chi connectivity index (χ4n) is 3.74. The number of hydrogen-bond donors (Lipinski definition) is 3. The summed E-state index contributed by atoms with van der Waals surface area (Å²) in [6.45, 7) is 0. The molecule has 3 amide bonds. The van der Waals surface area contributed by atoms with Crippen LogP contribution in [0.5, 0.6) is 0 Å². The molecule has 1 aliphatic carbocycles. The number of aryl methyl sites for hydroxylation is 1. The van der Waals surface area contributed by atoms with Crippen molar-refractivity contribution in [2.45, 2.75) is 18.4 Å². The van der Waals surface area contributed by atoms with Crippen LogP contribution in [0.3, 0.4) is 0 Å². The van der Waals surface area contributed by atoms with Gasteiger partial charge < -0.3 is 10.4 Å². The molecule has 26 heavy (non-hydrogen) atoms. The van der Waals surface area contributed by atoms with Crippen molar-refractivity contribution >= 4 is 17.9 Å². The number of carbonyl (C=O) groups excluding carboxylic acids is 2. The van der Waals surface area contributed by atoms with Gasteiger partial charge in [0.1, 0.15) is 11.6 Å². The first kappa shape index (κ1) is 16.2. The number of urea groups is 1. The van der Waals surface area contributed by atoms with E-state index in [9.17, 15) is 23.2 Å². The lowest BCUT2D eigenvalue weighted by Gasteiger charge is -2.23. The van der Waals surface area contributed by atoms with Crippen LogP contribution in [0.15, 0.2) is 30.3 Å². The van der Waals surface area contributed by atoms with Gasteiger partial charge in [0.2, 0.25) is 0 Å². The number of amides is 3. The molecule has 6 nitrogen and oxygen atoms in total. The summed E-state index contributed by atoms with van der Waals surface area (Å²) < 4.78 is 28.1. The number of hydrogen-bond acceptors (Lipinski definition) is 3. The maximum absolute atomic E-state index is 14.2. The highest BCUT2D eigenvalue weighted by Crippen LogP contribution is 2.50. The summed E-state index contributed by atoms with van der Waals surface area (Å²) in [5, 5.41) is 13.5. The van der Waals surface area contributed by atoms with Crippen LogP contribution in [0.4, 0.5) is 13.6 Å². The fraction of sp³-hybridized carbons (Fsp3) is 0.167. The van der Waals surface area contributed by atoms with Crippen molar-refractivity contribution in [2.24, 2.45) is 0 Å². The number of nitrogens with one attached hydrogen (secondary N) is 2. The number of benzene rings is 2. The summed E-state index contributed by atoms with van der Waals surface area (Å²) in [4.78, 5) is 35.3.